The molecule has 6 heteroatoms. The number of nitriles is 1. The maximum absolute atomic E-state index is 14.2. The quantitative estimate of drug-likeness (QED) is 0.918. The third-order valence-corrected chi connectivity index (χ3v) is 4.36. The van der Waals surface area contributed by atoms with Crippen LogP contribution in [0.4, 0.5) is 8.78 Å². The van der Waals surface area contributed by atoms with Crippen molar-refractivity contribution in [1.29, 1.82) is 5.26 Å². The summed E-state index contributed by atoms with van der Waals surface area (Å²) in [5.74, 6) is -1.51. The van der Waals surface area contributed by atoms with Crippen molar-refractivity contribution in [2.75, 3.05) is 6.54 Å². The van der Waals surface area contributed by atoms with Crippen molar-refractivity contribution in [3.05, 3.63) is 77.4 Å². The van der Waals surface area contributed by atoms with E-state index in [4.69, 9.17) is 11.0 Å². The second kappa shape index (κ2) is 7.46. The van der Waals surface area contributed by atoms with Gasteiger partial charge in [-0.05, 0) is 29.3 Å². The van der Waals surface area contributed by atoms with Crippen LogP contribution in [0.2, 0.25) is 0 Å². The predicted octanol–water partition coefficient (Wildman–Crippen LogP) is 3.17. The van der Waals surface area contributed by atoms with E-state index in [0.29, 0.717) is 5.57 Å². The highest BCUT2D eigenvalue weighted by Gasteiger charge is 2.33. The normalized spacial score (nSPS) is 17.5. The maximum Gasteiger partial charge on any atom is 0.241 e. The van der Waals surface area contributed by atoms with Gasteiger partial charge in [0.2, 0.25) is 5.91 Å². The van der Waals surface area contributed by atoms with Crippen LogP contribution in [0.25, 0.3) is 5.57 Å². The molecule has 1 aliphatic heterocycles. The first-order valence-electron chi connectivity index (χ1n) is 8.15. The van der Waals surface area contributed by atoms with Crippen molar-refractivity contribution in [2.24, 2.45) is 5.73 Å². The number of benzene rings is 2. The summed E-state index contributed by atoms with van der Waals surface area (Å²) in [4.78, 5) is 14.2. The first-order valence-corrected chi connectivity index (χ1v) is 8.15. The lowest BCUT2D eigenvalue weighted by Crippen LogP contribution is -2.43. The van der Waals surface area contributed by atoms with Crippen molar-refractivity contribution in [3.63, 3.8) is 0 Å². The molecule has 0 fully saturated rings. The van der Waals surface area contributed by atoms with Gasteiger partial charge in [0.05, 0.1) is 24.6 Å². The van der Waals surface area contributed by atoms with E-state index in [-0.39, 0.29) is 18.5 Å². The van der Waals surface area contributed by atoms with Crippen LogP contribution in [-0.2, 0) is 4.79 Å². The first-order chi connectivity index (χ1) is 12.5. The van der Waals surface area contributed by atoms with Crippen molar-refractivity contribution in [3.8, 4) is 6.07 Å². The minimum Gasteiger partial charge on any atom is -0.326 e. The number of hydrogen-bond donors (Lipinski definition) is 1. The van der Waals surface area contributed by atoms with Crippen molar-refractivity contribution in [1.82, 2.24) is 4.90 Å². The largest absolute Gasteiger partial charge is 0.326 e. The highest BCUT2D eigenvalue weighted by atomic mass is 19.1. The molecule has 0 bridgehead atoms. The Labute approximate surface area is 150 Å². The summed E-state index contributed by atoms with van der Waals surface area (Å²) in [5, 5.41) is 8.80. The molecule has 132 valence electrons. The highest BCUT2D eigenvalue weighted by Crippen LogP contribution is 2.36. The number of nitrogens with two attached hydrogens (primary N) is 1. The van der Waals surface area contributed by atoms with Crippen molar-refractivity contribution >= 4 is 11.5 Å². The number of rotatable bonds is 4. The third-order valence-electron chi connectivity index (χ3n) is 4.36. The second-order valence-corrected chi connectivity index (χ2v) is 6.11. The number of halogens is 2. The number of carbonyl (C=O) groups excluding carboxylic acids is 1. The molecule has 0 saturated heterocycles. The molecule has 1 heterocycles. The third kappa shape index (κ3) is 3.48. The van der Waals surface area contributed by atoms with E-state index in [1.54, 1.807) is 6.08 Å². The fourth-order valence-corrected chi connectivity index (χ4v) is 3.07. The first kappa shape index (κ1) is 17.8. The van der Waals surface area contributed by atoms with Crippen LogP contribution in [0, 0.1) is 23.0 Å². The molecule has 2 aromatic rings. The van der Waals surface area contributed by atoms with Gasteiger partial charge in [0.25, 0.3) is 0 Å². The molecule has 2 atom stereocenters. The number of hydrogen-bond acceptors (Lipinski definition) is 3. The average Bonchev–Trinajstić information content (AvgIpc) is 3.09. The molecule has 1 aliphatic rings. The molecule has 4 nitrogen and oxygen atoms in total. The van der Waals surface area contributed by atoms with Crippen LogP contribution in [0.5, 0.6) is 0 Å². The molecule has 1 unspecified atom stereocenters. The minimum atomic E-state index is -0.962. The summed E-state index contributed by atoms with van der Waals surface area (Å²) in [6, 6.07) is 12.9. The Hall–Kier alpha value is -3.04. The van der Waals surface area contributed by atoms with Crippen LogP contribution in [0.3, 0.4) is 0 Å². The van der Waals surface area contributed by atoms with E-state index in [1.807, 2.05) is 36.4 Å². The van der Waals surface area contributed by atoms with Gasteiger partial charge >= 0.3 is 0 Å². The van der Waals surface area contributed by atoms with Gasteiger partial charge in [-0.2, -0.15) is 5.26 Å². The van der Waals surface area contributed by atoms with Gasteiger partial charge in [0, 0.05) is 12.1 Å². The number of nitrogens with zero attached hydrogens (tertiary/aromatic N) is 2. The summed E-state index contributed by atoms with van der Waals surface area (Å²) in [6.07, 6.45) is 1.63. The van der Waals surface area contributed by atoms with Crippen LogP contribution < -0.4 is 5.73 Å². The lowest BCUT2D eigenvalue weighted by Gasteiger charge is -2.27. The van der Waals surface area contributed by atoms with E-state index in [2.05, 4.69) is 0 Å². The Morgan fingerprint density at radius 2 is 2.00 bits per heavy atom. The zero-order valence-corrected chi connectivity index (χ0v) is 13.9. The molecule has 0 saturated carbocycles. The van der Waals surface area contributed by atoms with Crippen LogP contribution in [0.15, 0.2) is 54.6 Å². The van der Waals surface area contributed by atoms with Crippen LogP contribution in [-0.4, -0.2) is 23.4 Å². The molecule has 2 N–H and O–H groups in total. The van der Waals surface area contributed by atoms with Crippen LogP contribution in [0.1, 0.15) is 23.6 Å². The van der Waals surface area contributed by atoms with Gasteiger partial charge in [-0.1, -0.05) is 36.4 Å². The Morgan fingerprint density at radius 1 is 1.27 bits per heavy atom. The van der Waals surface area contributed by atoms with Gasteiger partial charge in [0.1, 0.15) is 11.6 Å². The Morgan fingerprint density at radius 3 is 2.69 bits per heavy atom. The van der Waals surface area contributed by atoms with Crippen molar-refractivity contribution < 1.29 is 13.6 Å². The summed E-state index contributed by atoms with van der Waals surface area (Å²) in [5.41, 5.74) is 7.27. The molecular formula is C20H17F2N3O. The van der Waals surface area contributed by atoms with E-state index < -0.39 is 29.6 Å². The molecule has 2 aromatic carbocycles. The molecule has 0 aromatic heterocycles. The topological polar surface area (TPSA) is 70.1 Å². The molecular weight excluding hydrogens is 336 g/mol. The molecule has 0 radical (unpaired) electrons. The lowest BCUT2D eigenvalue weighted by molar-refractivity contribution is -0.132. The van der Waals surface area contributed by atoms with Gasteiger partial charge in [-0.25, -0.2) is 8.78 Å². The lowest BCUT2D eigenvalue weighted by atomic mass is 10.0. The molecule has 3 rings (SSSR count). The van der Waals surface area contributed by atoms with E-state index in [9.17, 15) is 13.6 Å². The highest BCUT2D eigenvalue weighted by molar-refractivity contribution is 5.87. The van der Waals surface area contributed by atoms with Gasteiger partial charge in [0.15, 0.2) is 0 Å². The van der Waals surface area contributed by atoms with E-state index in [1.165, 1.54) is 4.90 Å². The fourth-order valence-electron chi connectivity index (χ4n) is 3.07. The minimum absolute atomic E-state index is 0.0951. The standard InChI is InChI=1S/C20H17F2N3O/c21-15-6-7-17(22)16(11-15)14-10-19(13-4-2-1-3-5-13)25(12-14)20(26)18(24)8-9-23/h1-7,10-11,18-19H,8,12,24H2/t18-,19?/m0/s1. The molecule has 26 heavy (non-hydrogen) atoms. The molecule has 0 aliphatic carbocycles. The van der Waals surface area contributed by atoms with E-state index in [0.717, 1.165) is 23.8 Å². The summed E-state index contributed by atoms with van der Waals surface area (Å²) >= 11 is 0. The Kier molecular flexibility index (Phi) is 5.10. The Balaban J connectivity index is 2.00. The number of carbonyl (C=O) groups is 1. The zero-order valence-electron chi connectivity index (χ0n) is 13.9. The van der Waals surface area contributed by atoms with E-state index >= 15 is 0 Å². The molecule has 0 spiro atoms. The van der Waals surface area contributed by atoms with Crippen molar-refractivity contribution in [2.45, 2.75) is 18.5 Å². The van der Waals surface area contributed by atoms with Gasteiger partial charge in [-0.15, -0.1) is 0 Å². The van der Waals surface area contributed by atoms with Crippen LogP contribution >= 0.6 is 0 Å². The monoisotopic (exact) mass is 353 g/mol. The smallest absolute Gasteiger partial charge is 0.241 e. The fraction of sp³-hybridized carbons (Fsp3) is 0.200. The van der Waals surface area contributed by atoms with Gasteiger partial charge in [-0.3, -0.25) is 4.79 Å². The molecule has 1 amide bonds. The summed E-state index contributed by atoms with van der Waals surface area (Å²) < 4.78 is 27.8. The van der Waals surface area contributed by atoms with Gasteiger partial charge < -0.3 is 10.6 Å². The zero-order chi connectivity index (χ0) is 18.7. The second-order valence-electron chi connectivity index (χ2n) is 6.11. The maximum atomic E-state index is 14.2. The Bertz CT molecular complexity index is 890. The predicted molar refractivity (Wildman–Crippen MR) is 93.4 cm³/mol. The summed E-state index contributed by atoms with van der Waals surface area (Å²) in [6.45, 7) is 0.0951. The number of amides is 1. The summed E-state index contributed by atoms with van der Waals surface area (Å²) in [7, 11) is 0. The SMILES string of the molecule is N#CC[C@H](N)C(=O)N1CC(c2cc(F)ccc2F)=CC1c1ccccc1. The average molecular weight is 353 g/mol.